The Morgan fingerprint density at radius 3 is 2.38 bits per heavy atom. The Morgan fingerprint density at radius 1 is 1.03 bits per heavy atom. The molecule has 2 heterocycles. The number of fused-ring (bicyclic) bond motifs is 1. The standard InChI is InChI=1S/C25H21F3N4O6S/c1-37-17-5-3-4-16(12-17)30-23(33)21(38-24(34)25(26,27)28)20-13-19-18(10-11-29-22(19)31-20)14-6-8-15(9-7-14)32-39(2,35)36/h3-13,21,32H,1-2H3,(H,29,31)(H,30,33). The van der Waals surface area contributed by atoms with Gasteiger partial charge in [0.1, 0.15) is 11.4 Å². The molecule has 0 radical (unpaired) electrons. The van der Waals surface area contributed by atoms with E-state index in [1.54, 1.807) is 30.3 Å². The molecule has 0 aliphatic rings. The molecule has 4 rings (SSSR count). The number of nitrogens with zero attached hydrogens (tertiary/aromatic N) is 1. The molecule has 204 valence electrons. The van der Waals surface area contributed by atoms with Crippen LogP contribution in [0.1, 0.15) is 11.8 Å². The third kappa shape index (κ3) is 6.65. The van der Waals surface area contributed by atoms with Crippen molar-refractivity contribution in [1.29, 1.82) is 0 Å². The van der Waals surface area contributed by atoms with Crippen LogP contribution in [-0.2, 0) is 24.3 Å². The Kier molecular flexibility index (Phi) is 7.49. The lowest BCUT2D eigenvalue weighted by atomic mass is 10.0. The highest BCUT2D eigenvalue weighted by atomic mass is 32.2. The topological polar surface area (TPSA) is 139 Å². The number of carbonyl (C=O) groups is 2. The molecule has 0 saturated carbocycles. The lowest BCUT2D eigenvalue weighted by molar-refractivity contribution is -0.205. The number of sulfonamides is 1. The number of aromatic amines is 1. The summed E-state index contributed by atoms with van der Waals surface area (Å²) in [6.07, 6.45) is -4.89. The van der Waals surface area contributed by atoms with Crippen molar-refractivity contribution in [3.8, 4) is 16.9 Å². The minimum absolute atomic E-state index is 0.154. The van der Waals surface area contributed by atoms with Crippen LogP contribution in [0.4, 0.5) is 24.5 Å². The molecule has 0 saturated heterocycles. The Hall–Kier alpha value is -4.59. The van der Waals surface area contributed by atoms with Crippen LogP contribution >= 0.6 is 0 Å². The molecule has 1 amide bonds. The Labute approximate surface area is 220 Å². The summed E-state index contributed by atoms with van der Waals surface area (Å²) in [5.74, 6) is -3.21. The number of halogens is 3. The molecule has 4 aromatic rings. The van der Waals surface area contributed by atoms with Crippen molar-refractivity contribution in [1.82, 2.24) is 9.97 Å². The number of carbonyl (C=O) groups excluding carboxylic acids is 2. The van der Waals surface area contributed by atoms with Gasteiger partial charge in [0.15, 0.2) is 0 Å². The average molecular weight is 563 g/mol. The molecule has 0 spiro atoms. The number of anilines is 2. The van der Waals surface area contributed by atoms with Crippen molar-refractivity contribution < 1.29 is 40.7 Å². The van der Waals surface area contributed by atoms with Crippen LogP contribution in [0, 0.1) is 0 Å². The summed E-state index contributed by atoms with van der Waals surface area (Å²) in [6, 6.07) is 15.4. The normalized spacial score (nSPS) is 12.5. The van der Waals surface area contributed by atoms with Crippen LogP contribution in [0.5, 0.6) is 5.75 Å². The van der Waals surface area contributed by atoms with Gasteiger partial charge in [-0.3, -0.25) is 9.52 Å². The van der Waals surface area contributed by atoms with E-state index in [-0.39, 0.29) is 17.0 Å². The fourth-order valence-corrected chi connectivity index (χ4v) is 4.28. The quantitative estimate of drug-likeness (QED) is 0.271. The van der Waals surface area contributed by atoms with Gasteiger partial charge >= 0.3 is 12.1 Å². The van der Waals surface area contributed by atoms with Gasteiger partial charge in [0, 0.05) is 29.0 Å². The second-order valence-corrected chi connectivity index (χ2v) is 10.0. The smallest absolute Gasteiger partial charge is 0.490 e. The maximum atomic E-state index is 13.1. The van der Waals surface area contributed by atoms with E-state index < -0.39 is 34.2 Å². The summed E-state index contributed by atoms with van der Waals surface area (Å²) >= 11 is 0. The van der Waals surface area contributed by atoms with E-state index >= 15 is 0 Å². The highest BCUT2D eigenvalue weighted by Crippen LogP contribution is 2.33. The maximum Gasteiger partial charge on any atom is 0.490 e. The number of amides is 1. The molecule has 0 bridgehead atoms. The molecule has 3 N–H and O–H groups in total. The minimum atomic E-state index is -5.34. The summed E-state index contributed by atoms with van der Waals surface area (Å²) in [5.41, 5.74) is 1.78. The Morgan fingerprint density at radius 2 is 1.74 bits per heavy atom. The van der Waals surface area contributed by atoms with Crippen LogP contribution in [0.3, 0.4) is 0 Å². The number of alkyl halides is 3. The summed E-state index contributed by atoms with van der Waals surface area (Å²) in [4.78, 5) is 31.7. The monoisotopic (exact) mass is 562 g/mol. The molecule has 2 aromatic carbocycles. The highest BCUT2D eigenvalue weighted by Gasteiger charge is 2.44. The second kappa shape index (κ2) is 10.6. The zero-order valence-electron chi connectivity index (χ0n) is 20.4. The second-order valence-electron chi connectivity index (χ2n) is 8.30. The number of H-pyrrole nitrogens is 1. The van der Waals surface area contributed by atoms with Gasteiger partial charge in [0.2, 0.25) is 16.1 Å². The van der Waals surface area contributed by atoms with E-state index in [0.717, 1.165) is 6.26 Å². The summed E-state index contributed by atoms with van der Waals surface area (Å²) in [5, 5.41) is 2.84. The maximum absolute atomic E-state index is 13.1. The zero-order valence-corrected chi connectivity index (χ0v) is 21.2. The lowest BCUT2D eigenvalue weighted by Gasteiger charge is -2.17. The van der Waals surface area contributed by atoms with Crippen molar-refractivity contribution >= 4 is 44.3 Å². The number of nitrogens with one attached hydrogen (secondary N) is 3. The molecule has 14 heteroatoms. The first-order valence-corrected chi connectivity index (χ1v) is 13.0. The number of benzene rings is 2. The van der Waals surface area contributed by atoms with Crippen LogP contribution in [0.2, 0.25) is 0 Å². The van der Waals surface area contributed by atoms with Crippen molar-refractivity contribution in [2.24, 2.45) is 0 Å². The number of esters is 1. The SMILES string of the molecule is COc1cccc(NC(=O)C(OC(=O)C(F)(F)F)c2cc3c(-c4ccc(NS(C)(=O)=O)cc4)ccnc3[nH]2)c1. The van der Waals surface area contributed by atoms with E-state index in [4.69, 9.17) is 4.74 Å². The average Bonchev–Trinajstić information content (AvgIpc) is 3.30. The van der Waals surface area contributed by atoms with Gasteiger partial charge in [-0.25, -0.2) is 18.2 Å². The molecule has 39 heavy (non-hydrogen) atoms. The zero-order chi connectivity index (χ0) is 28.4. The molecular formula is C25H21F3N4O6S. The molecule has 0 aliphatic heterocycles. The molecule has 1 atom stereocenters. The molecule has 0 aliphatic carbocycles. The molecule has 0 fully saturated rings. The highest BCUT2D eigenvalue weighted by molar-refractivity contribution is 7.92. The molecule has 2 aromatic heterocycles. The van der Waals surface area contributed by atoms with E-state index in [2.05, 4.69) is 24.7 Å². The van der Waals surface area contributed by atoms with Crippen molar-refractivity contribution in [2.45, 2.75) is 12.3 Å². The largest absolute Gasteiger partial charge is 0.497 e. The number of hydrogen-bond acceptors (Lipinski definition) is 7. The lowest BCUT2D eigenvalue weighted by Crippen LogP contribution is -2.32. The van der Waals surface area contributed by atoms with Gasteiger partial charge in [-0.1, -0.05) is 18.2 Å². The third-order valence-electron chi connectivity index (χ3n) is 5.37. The van der Waals surface area contributed by atoms with Crippen molar-refractivity contribution in [3.63, 3.8) is 0 Å². The van der Waals surface area contributed by atoms with E-state index in [1.807, 2.05) is 0 Å². The first-order chi connectivity index (χ1) is 18.3. The van der Waals surface area contributed by atoms with E-state index in [0.29, 0.717) is 28.0 Å². The van der Waals surface area contributed by atoms with Crippen LogP contribution in [0.15, 0.2) is 66.9 Å². The van der Waals surface area contributed by atoms with Crippen molar-refractivity contribution in [2.75, 3.05) is 23.4 Å². The first-order valence-electron chi connectivity index (χ1n) is 11.1. The summed E-state index contributed by atoms with van der Waals surface area (Å²) in [6.45, 7) is 0. The number of methoxy groups -OCH3 is 1. The van der Waals surface area contributed by atoms with Gasteiger partial charge in [0.25, 0.3) is 5.91 Å². The Balaban J connectivity index is 1.71. The molecule has 1 unspecified atom stereocenters. The molecule has 10 nitrogen and oxygen atoms in total. The van der Waals surface area contributed by atoms with Crippen LogP contribution in [-0.4, -0.2) is 49.8 Å². The number of aromatic nitrogens is 2. The summed E-state index contributed by atoms with van der Waals surface area (Å²) in [7, 11) is -2.08. The minimum Gasteiger partial charge on any atom is -0.497 e. The number of pyridine rings is 1. The summed E-state index contributed by atoms with van der Waals surface area (Å²) < 4.78 is 74.1. The van der Waals surface area contributed by atoms with Gasteiger partial charge in [-0.05, 0) is 47.5 Å². The number of rotatable bonds is 8. The van der Waals surface area contributed by atoms with Gasteiger partial charge < -0.3 is 19.8 Å². The first kappa shape index (κ1) is 27.4. The number of ether oxygens (including phenoxy) is 2. The Bertz CT molecular complexity index is 1640. The van der Waals surface area contributed by atoms with Gasteiger partial charge in [-0.2, -0.15) is 13.2 Å². The van der Waals surface area contributed by atoms with Crippen LogP contribution < -0.4 is 14.8 Å². The number of hydrogen-bond donors (Lipinski definition) is 3. The molecular weight excluding hydrogens is 541 g/mol. The van der Waals surface area contributed by atoms with E-state index in [1.165, 1.54) is 43.6 Å². The van der Waals surface area contributed by atoms with Gasteiger partial charge in [-0.15, -0.1) is 0 Å². The fourth-order valence-electron chi connectivity index (χ4n) is 3.71. The fraction of sp³-hybridized carbons (Fsp3) is 0.160. The van der Waals surface area contributed by atoms with E-state index in [9.17, 15) is 31.2 Å². The third-order valence-corrected chi connectivity index (χ3v) is 5.97. The van der Waals surface area contributed by atoms with Gasteiger partial charge in [0.05, 0.1) is 19.1 Å². The van der Waals surface area contributed by atoms with Crippen molar-refractivity contribution in [3.05, 3.63) is 72.6 Å². The predicted molar refractivity (Wildman–Crippen MR) is 137 cm³/mol. The van der Waals surface area contributed by atoms with Crippen LogP contribution in [0.25, 0.3) is 22.2 Å². The predicted octanol–water partition coefficient (Wildman–Crippen LogP) is 4.40.